The van der Waals surface area contributed by atoms with Gasteiger partial charge in [-0.25, -0.2) is 0 Å². The highest BCUT2D eigenvalue weighted by Crippen LogP contribution is 2.21. The van der Waals surface area contributed by atoms with E-state index in [1.54, 1.807) is 6.20 Å². The average Bonchev–Trinajstić information content (AvgIpc) is 2.26. The summed E-state index contributed by atoms with van der Waals surface area (Å²) in [6, 6.07) is 5.80. The van der Waals surface area contributed by atoms with Gasteiger partial charge in [0.05, 0.1) is 17.7 Å². The Hall–Kier alpha value is -1.46. The van der Waals surface area contributed by atoms with Crippen molar-refractivity contribution >= 4 is 5.97 Å². The maximum Gasteiger partial charge on any atom is 0.305 e. The zero-order valence-corrected chi connectivity index (χ0v) is 9.81. The van der Waals surface area contributed by atoms with E-state index in [1.165, 1.54) is 0 Å². The predicted molar refractivity (Wildman–Crippen MR) is 63.6 cm³/mol. The van der Waals surface area contributed by atoms with Gasteiger partial charge in [0.2, 0.25) is 0 Å². The van der Waals surface area contributed by atoms with Crippen molar-refractivity contribution in [1.29, 1.82) is 0 Å². The van der Waals surface area contributed by atoms with Crippen LogP contribution in [-0.2, 0) is 4.79 Å². The van der Waals surface area contributed by atoms with Crippen LogP contribution in [0, 0.1) is 0 Å². The first-order valence-electron chi connectivity index (χ1n) is 5.72. The van der Waals surface area contributed by atoms with Crippen molar-refractivity contribution < 1.29 is 9.90 Å². The molecule has 1 aliphatic heterocycles. The summed E-state index contributed by atoms with van der Waals surface area (Å²) in [5, 5.41) is 15.4. The molecule has 1 aromatic heterocycles. The third-order valence-corrected chi connectivity index (χ3v) is 3.07. The quantitative estimate of drug-likeness (QED) is 0.695. The van der Waals surface area contributed by atoms with Crippen molar-refractivity contribution in [3.05, 3.63) is 30.1 Å². The molecule has 5 heteroatoms. The van der Waals surface area contributed by atoms with E-state index >= 15 is 0 Å². The van der Waals surface area contributed by atoms with Crippen LogP contribution in [0.5, 0.6) is 0 Å². The normalized spacial score (nSPS) is 19.4. The number of aromatic nitrogens is 1. The molecule has 1 saturated heterocycles. The van der Waals surface area contributed by atoms with E-state index < -0.39 is 5.97 Å². The number of carboxylic acids is 1. The van der Waals surface area contributed by atoms with Crippen LogP contribution < -0.4 is 10.6 Å². The van der Waals surface area contributed by atoms with E-state index in [4.69, 9.17) is 5.11 Å². The molecule has 2 heterocycles. The smallest absolute Gasteiger partial charge is 0.305 e. The van der Waals surface area contributed by atoms with Gasteiger partial charge in [0, 0.05) is 25.3 Å². The molecule has 2 rings (SSSR count). The van der Waals surface area contributed by atoms with Crippen molar-refractivity contribution in [1.82, 2.24) is 15.6 Å². The number of carboxylic acid groups (broad SMARTS) is 1. The fourth-order valence-electron chi connectivity index (χ4n) is 2.16. The van der Waals surface area contributed by atoms with Crippen LogP contribution in [0.3, 0.4) is 0 Å². The molecule has 0 unspecified atom stereocenters. The van der Waals surface area contributed by atoms with Gasteiger partial charge in [-0.15, -0.1) is 0 Å². The van der Waals surface area contributed by atoms with Gasteiger partial charge in [0.1, 0.15) is 0 Å². The Morgan fingerprint density at radius 2 is 2.41 bits per heavy atom. The highest BCUT2D eigenvalue weighted by Gasteiger charge is 2.40. The van der Waals surface area contributed by atoms with E-state index in [-0.39, 0.29) is 18.0 Å². The molecule has 0 amide bonds. The van der Waals surface area contributed by atoms with Crippen LogP contribution in [0.4, 0.5) is 0 Å². The van der Waals surface area contributed by atoms with Gasteiger partial charge in [0.25, 0.3) is 0 Å². The Balaban J connectivity index is 2.02. The van der Waals surface area contributed by atoms with E-state index in [0.29, 0.717) is 13.1 Å². The second kappa shape index (κ2) is 4.81. The largest absolute Gasteiger partial charge is 0.481 e. The van der Waals surface area contributed by atoms with Crippen molar-refractivity contribution in [2.45, 2.75) is 24.9 Å². The van der Waals surface area contributed by atoms with E-state index in [2.05, 4.69) is 15.6 Å². The highest BCUT2D eigenvalue weighted by molar-refractivity contribution is 5.68. The van der Waals surface area contributed by atoms with E-state index in [0.717, 1.165) is 5.69 Å². The zero-order chi connectivity index (χ0) is 12.3. The summed E-state index contributed by atoms with van der Waals surface area (Å²) in [5.41, 5.74) is 0.604. The minimum atomic E-state index is -0.771. The van der Waals surface area contributed by atoms with Gasteiger partial charge in [-0.1, -0.05) is 6.07 Å². The molecule has 1 fully saturated rings. The molecule has 0 spiro atoms. The molecule has 0 bridgehead atoms. The number of rotatable bonds is 5. The maximum atomic E-state index is 10.8. The minimum Gasteiger partial charge on any atom is -0.481 e. The van der Waals surface area contributed by atoms with Gasteiger partial charge >= 0.3 is 5.97 Å². The monoisotopic (exact) mass is 235 g/mol. The van der Waals surface area contributed by atoms with Crippen LogP contribution in [0.1, 0.15) is 25.1 Å². The fraction of sp³-hybridized carbons (Fsp3) is 0.500. The first-order chi connectivity index (χ1) is 8.11. The average molecular weight is 235 g/mol. The number of hydrogen-bond acceptors (Lipinski definition) is 4. The summed E-state index contributed by atoms with van der Waals surface area (Å²) in [5.74, 6) is -0.771. The summed E-state index contributed by atoms with van der Waals surface area (Å²) in [4.78, 5) is 15.1. The second-order valence-electron chi connectivity index (χ2n) is 4.58. The lowest BCUT2D eigenvalue weighted by Gasteiger charge is -2.44. The van der Waals surface area contributed by atoms with Crippen LogP contribution in [0.2, 0.25) is 0 Å². The molecule has 0 aromatic carbocycles. The molecule has 92 valence electrons. The van der Waals surface area contributed by atoms with Crippen molar-refractivity contribution in [2.75, 3.05) is 13.1 Å². The molecule has 1 aromatic rings. The van der Waals surface area contributed by atoms with E-state index in [1.807, 2.05) is 25.1 Å². The Bertz CT molecular complexity index is 390. The van der Waals surface area contributed by atoms with Gasteiger partial charge in [-0.05, 0) is 19.1 Å². The molecule has 17 heavy (non-hydrogen) atoms. The van der Waals surface area contributed by atoms with Gasteiger partial charge in [0.15, 0.2) is 0 Å². The SMILES string of the molecule is C[C@@H](NC1(CC(=O)O)CNC1)c1ccccn1. The Morgan fingerprint density at radius 1 is 1.65 bits per heavy atom. The minimum absolute atomic E-state index is 0.0534. The maximum absolute atomic E-state index is 10.8. The summed E-state index contributed by atoms with van der Waals surface area (Å²) in [7, 11) is 0. The van der Waals surface area contributed by atoms with E-state index in [9.17, 15) is 4.79 Å². The molecule has 1 atom stereocenters. The Labute approximate surface area is 100 Å². The molecule has 1 aliphatic rings. The second-order valence-corrected chi connectivity index (χ2v) is 4.58. The first kappa shape index (κ1) is 12.0. The molecule has 0 saturated carbocycles. The lowest BCUT2D eigenvalue weighted by atomic mass is 9.87. The van der Waals surface area contributed by atoms with Gasteiger partial charge in [-0.2, -0.15) is 0 Å². The number of aliphatic carboxylic acids is 1. The predicted octanol–water partition coefficient (Wildman–Crippen LogP) is 0.549. The number of nitrogens with one attached hydrogen (secondary N) is 2. The van der Waals surface area contributed by atoms with Crippen LogP contribution >= 0.6 is 0 Å². The third-order valence-electron chi connectivity index (χ3n) is 3.07. The number of nitrogens with zero attached hydrogens (tertiary/aromatic N) is 1. The summed E-state index contributed by atoms with van der Waals surface area (Å²) in [6.45, 7) is 3.39. The molecular formula is C12H17N3O2. The third kappa shape index (κ3) is 2.81. The first-order valence-corrected chi connectivity index (χ1v) is 5.72. The molecule has 5 nitrogen and oxygen atoms in total. The topological polar surface area (TPSA) is 74.2 Å². The standard InChI is InChI=1S/C12H17N3O2/c1-9(10-4-2-3-5-14-10)15-12(6-11(16)17)7-13-8-12/h2-5,9,13,15H,6-8H2,1H3,(H,16,17)/t9-/m1/s1. The number of pyridine rings is 1. The number of hydrogen-bond donors (Lipinski definition) is 3. The summed E-state index contributed by atoms with van der Waals surface area (Å²) < 4.78 is 0. The van der Waals surface area contributed by atoms with Crippen LogP contribution in [-0.4, -0.2) is 34.7 Å². The molecule has 3 N–H and O–H groups in total. The molecule has 0 aliphatic carbocycles. The summed E-state index contributed by atoms with van der Waals surface area (Å²) >= 11 is 0. The van der Waals surface area contributed by atoms with Crippen molar-refractivity contribution in [2.24, 2.45) is 0 Å². The van der Waals surface area contributed by atoms with Gasteiger partial charge < -0.3 is 15.7 Å². The van der Waals surface area contributed by atoms with Crippen LogP contribution in [0.25, 0.3) is 0 Å². The Morgan fingerprint density at radius 3 is 2.88 bits per heavy atom. The van der Waals surface area contributed by atoms with Crippen molar-refractivity contribution in [3.63, 3.8) is 0 Å². The number of carbonyl (C=O) groups is 1. The lowest BCUT2D eigenvalue weighted by Crippen LogP contribution is -2.68. The van der Waals surface area contributed by atoms with Gasteiger partial charge in [-0.3, -0.25) is 9.78 Å². The molecule has 0 radical (unpaired) electrons. The highest BCUT2D eigenvalue weighted by atomic mass is 16.4. The van der Waals surface area contributed by atoms with Crippen LogP contribution in [0.15, 0.2) is 24.4 Å². The molecular weight excluding hydrogens is 218 g/mol. The Kier molecular flexibility index (Phi) is 3.40. The van der Waals surface area contributed by atoms with Crippen molar-refractivity contribution in [3.8, 4) is 0 Å². The zero-order valence-electron chi connectivity index (χ0n) is 9.81. The fourth-order valence-corrected chi connectivity index (χ4v) is 2.16. The summed E-state index contributed by atoms with van der Waals surface area (Å²) in [6.07, 6.45) is 1.88. The lowest BCUT2D eigenvalue weighted by molar-refractivity contribution is -0.139.